The van der Waals surface area contributed by atoms with Gasteiger partial charge >= 0.3 is 6.09 Å². The van der Waals surface area contributed by atoms with Crippen molar-refractivity contribution in [2.45, 2.75) is 45.1 Å². The molecule has 1 amide bonds. The molecule has 2 aromatic heterocycles. The number of carbonyl (C=O) groups is 1. The van der Waals surface area contributed by atoms with Gasteiger partial charge in [-0.15, -0.1) is 0 Å². The number of fused-ring (bicyclic) bond motifs is 1. The molecule has 4 rings (SSSR count). The van der Waals surface area contributed by atoms with Gasteiger partial charge in [0.2, 0.25) is 5.82 Å². The molecule has 2 atom stereocenters. The van der Waals surface area contributed by atoms with Crippen LogP contribution in [0.4, 0.5) is 16.3 Å². The van der Waals surface area contributed by atoms with E-state index in [1.165, 1.54) is 37.5 Å². The van der Waals surface area contributed by atoms with Crippen LogP contribution in [0, 0.1) is 27.9 Å². The van der Waals surface area contributed by atoms with Gasteiger partial charge in [0.25, 0.3) is 5.69 Å². The van der Waals surface area contributed by atoms with E-state index < -0.39 is 23.2 Å². The highest BCUT2D eigenvalue weighted by atomic mass is 16.6. The summed E-state index contributed by atoms with van der Waals surface area (Å²) in [5.41, 5.74) is 6.71. The number of benzene rings is 1. The van der Waals surface area contributed by atoms with Crippen LogP contribution >= 0.6 is 0 Å². The zero-order valence-electron chi connectivity index (χ0n) is 21.3. The van der Waals surface area contributed by atoms with Crippen LogP contribution in [0.15, 0.2) is 30.6 Å². The molecule has 3 aromatic rings. The van der Waals surface area contributed by atoms with Crippen molar-refractivity contribution in [1.29, 1.82) is 0 Å². The summed E-state index contributed by atoms with van der Waals surface area (Å²) < 4.78 is 12.4. The minimum absolute atomic E-state index is 0.00186. The maximum absolute atomic E-state index is 12.5. The second-order valence-electron chi connectivity index (χ2n) is 9.14. The Kier molecular flexibility index (Phi) is 8.87. The first-order valence-corrected chi connectivity index (χ1v) is 12.3. The molecule has 0 saturated carbocycles. The SMILES string of the molecule is C[C@@H](O)[C@@H](CO)OCn1cnc2c(N)nc(C#CCC3CCN(C(=O)Oc4cccc([N+](=O)[O-])c4)CC3)nc21. The van der Waals surface area contributed by atoms with Crippen LogP contribution in [0.2, 0.25) is 0 Å². The smallest absolute Gasteiger partial charge is 0.410 e. The van der Waals surface area contributed by atoms with Gasteiger partial charge in [-0.2, -0.15) is 0 Å². The summed E-state index contributed by atoms with van der Waals surface area (Å²) in [5.74, 6) is 6.83. The molecule has 0 aliphatic carbocycles. The summed E-state index contributed by atoms with van der Waals surface area (Å²) in [6.07, 6.45) is 1.35. The van der Waals surface area contributed by atoms with E-state index in [4.69, 9.17) is 15.2 Å². The first kappa shape index (κ1) is 27.7. The number of imidazole rings is 1. The number of anilines is 1. The van der Waals surface area contributed by atoms with Crippen LogP contribution in [-0.2, 0) is 11.5 Å². The Balaban J connectivity index is 1.32. The second-order valence-corrected chi connectivity index (χ2v) is 9.14. The Morgan fingerprint density at radius 3 is 2.79 bits per heavy atom. The number of amides is 1. The number of aliphatic hydroxyl groups is 2. The van der Waals surface area contributed by atoms with Gasteiger partial charge in [-0.05, 0) is 37.7 Å². The average molecular weight is 540 g/mol. The zero-order valence-corrected chi connectivity index (χ0v) is 21.3. The fraction of sp³-hybridized carbons (Fsp3) is 0.440. The number of non-ortho nitro benzene ring substituents is 1. The van der Waals surface area contributed by atoms with Crippen molar-refractivity contribution in [3.05, 3.63) is 46.5 Å². The van der Waals surface area contributed by atoms with Gasteiger partial charge in [-0.3, -0.25) is 14.7 Å². The first-order valence-electron chi connectivity index (χ1n) is 12.3. The standard InChI is InChI=1S/C25H29N7O7/c1-16(34)20(13-33)38-15-31-14-27-22-23(26)28-21(29-24(22)31)7-2-4-17-8-10-30(11-9-17)25(35)39-19-6-3-5-18(12-19)32(36)37/h3,5-6,12,14,16-17,20,33-34H,4,8-11,13,15H2,1H3,(H2,26,28,29)/t16-,20-/m1/s1. The topological polar surface area (TPSA) is 192 Å². The number of hydrogen-bond acceptors (Lipinski definition) is 11. The molecule has 1 fully saturated rings. The molecule has 1 aliphatic heterocycles. The number of piperidine rings is 1. The van der Waals surface area contributed by atoms with Gasteiger partial charge in [0.15, 0.2) is 11.5 Å². The molecule has 1 saturated heterocycles. The summed E-state index contributed by atoms with van der Waals surface area (Å²) in [7, 11) is 0. The van der Waals surface area contributed by atoms with Gasteiger partial charge < -0.3 is 30.3 Å². The Labute approximate surface area is 223 Å². The molecule has 0 unspecified atom stereocenters. The minimum atomic E-state index is -0.851. The average Bonchev–Trinajstić information content (AvgIpc) is 3.33. The molecule has 4 N–H and O–H groups in total. The van der Waals surface area contributed by atoms with Crippen molar-refractivity contribution in [2.24, 2.45) is 5.92 Å². The number of rotatable bonds is 8. The number of aromatic nitrogens is 4. The van der Waals surface area contributed by atoms with E-state index in [1.807, 2.05) is 0 Å². The van der Waals surface area contributed by atoms with Gasteiger partial charge in [0.05, 0.1) is 30.0 Å². The van der Waals surface area contributed by atoms with Gasteiger partial charge in [0.1, 0.15) is 24.1 Å². The number of aliphatic hydroxyl groups excluding tert-OH is 2. The van der Waals surface area contributed by atoms with Gasteiger partial charge in [0, 0.05) is 25.6 Å². The molecule has 1 aliphatic rings. The summed E-state index contributed by atoms with van der Waals surface area (Å²) in [5, 5.41) is 29.9. The van der Waals surface area contributed by atoms with Crippen LogP contribution in [0.3, 0.4) is 0 Å². The quantitative estimate of drug-likeness (QED) is 0.214. The molecule has 1 aromatic carbocycles. The number of nitrogen functional groups attached to an aromatic ring is 1. The fourth-order valence-electron chi connectivity index (χ4n) is 4.06. The van der Waals surface area contributed by atoms with Crippen molar-refractivity contribution in [3.63, 3.8) is 0 Å². The lowest BCUT2D eigenvalue weighted by molar-refractivity contribution is -0.384. The summed E-state index contributed by atoms with van der Waals surface area (Å²) in [6.45, 7) is 2.15. The van der Waals surface area contributed by atoms with E-state index in [0.717, 1.165) is 12.8 Å². The lowest BCUT2D eigenvalue weighted by Gasteiger charge is -2.30. The van der Waals surface area contributed by atoms with Gasteiger partial charge in [-0.1, -0.05) is 12.0 Å². The maximum atomic E-state index is 12.5. The molecule has 14 nitrogen and oxygen atoms in total. The van der Waals surface area contributed by atoms with Crippen LogP contribution in [0.5, 0.6) is 5.75 Å². The van der Waals surface area contributed by atoms with E-state index >= 15 is 0 Å². The molecule has 0 spiro atoms. The Morgan fingerprint density at radius 1 is 1.33 bits per heavy atom. The Bertz CT molecular complexity index is 1390. The van der Waals surface area contributed by atoms with E-state index in [1.54, 1.807) is 9.47 Å². The van der Waals surface area contributed by atoms with Crippen molar-refractivity contribution in [1.82, 2.24) is 24.4 Å². The highest BCUT2D eigenvalue weighted by molar-refractivity contribution is 5.81. The predicted octanol–water partition coefficient (Wildman–Crippen LogP) is 1.69. The van der Waals surface area contributed by atoms with Crippen LogP contribution < -0.4 is 10.5 Å². The summed E-state index contributed by atoms with van der Waals surface area (Å²) in [6, 6.07) is 5.51. The second kappa shape index (κ2) is 12.5. The van der Waals surface area contributed by atoms with Crippen LogP contribution in [0.25, 0.3) is 11.2 Å². The van der Waals surface area contributed by atoms with E-state index in [9.17, 15) is 25.1 Å². The molecule has 0 bridgehead atoms. The molecule has 206 valence electrons. The number of nitrogens with two attached hydrogens (primary N) is 1. The van der Waals surface area contributed by atoms with Crippen molar-refractivity contribution in [3.8, 4) is 17.6 Å². The fourth-order valence-corrected chi connectivity index (χ4v) is 4.06. The number of nitro benzene ring substituents is 1. The third-order valence-electron chi connectivity index (χ3n) is 6.33. The number of carbonyl (C=O) groups excluding carboxylic acids is 1. The van der Waals surface area contributed by atoms with E-state index in [0.29, 0.717) is 30.7 Å². The molecule has 0 radical (unpaired) electrons. The number of hydrogen-bond donors (Lipinski definition) is 3. The normalized spacial score (nSPS) is 15.4. The van der Waals surface area contributed by atoms with Crippen molar-refractivity contribution < 1.29 is 29.4 Å². The summed E-state index contributed by atoms with van der Waals surface area (Å²) in [4.78, 5) is 37.3. The van der Waals surface area contributed by atoms with Crippen molar-refractivity contribution in [2.75, 3.05) is 25.4 Å². The molecule has 3 heterocycles. The Morgan fingerprint density at radius 2 is 2.10 bits per heavy atom. The number of likely N-dealkylation sites (tertiary alicyclic amines) is 1. The van der Waals surface area contributed by atoms with E-state index in [2.05, 4.69) is 26.8 Å². The van der Waals surface area contributed by atoms with Crippen LogP contribution in [0.1, 0.15) is 32.0 Å². The van der Waals surface area contributed by atoms with Crippen molar-refractivity contribution >= 4 is 28.8 Å². The van der Waals surface area contributed by atoms with Crippen LogP contribution in [-0.4, -0.2) is 77.6 Å². The first-order chi connectivity index (χ1) is 18.7. The lowest BCUT2D eigenvalue weighted by atomic mass is 9.94. The number of nitrogens with zero attached hydrogens (tertiary/aromatic N) is 6. The monoisotopic (exact) mass is 539 g/mol. The molecule has 14 heteroatoms. The minimum Gasteiger partial charge on any atom is -0.410 e. The molecular weight excluding hydrogens is 510 g/mol. The Hall–Kier alpha value is -4.32. The zero-order chi connectivity index (χ0) is 27.9. The largest absolute Gasteiger partial charge is 0.415 e. The highest BCUT2D eigenvalue weighted by Crippen LogP contribution is 2.23. The third kappa shape index (κ3) is 6.96. The molecule has 39 heavy (non-hydrogen) atoms. The number of ether oxygens (including phenoxy) is 2. The van der Waals surface area contributed by atoms with Gasteiger partial charge in [-0.25, -0.2) is 19.7 Å². The highest BCUT2D eigenvalue weighted by Gasteiger charge is 2.24. The maximum Gasteiger partial charge on any atom is 0.415 e. The molecular formula is C25H29N7O7. The lowest BCUT2D eigenvalue weighted by Crippen LogP contribution is -2.40. The number of nitro groups is 1. The van der Waals surface area contributed by atoms with E-state index in [-0.39, 0.29) is 42.3 Å². The predicted molar refractivity (Wildman–Crippen MR) is 138 cm³/mol. The third-order valence-corrected chi connectivity index (χ3v) is 6.33. The summed E-state index contributed by atoms with van der Waals surface area (Å²) >= 11 is 0.